The molecule has 0 aromatic heterocycles. The Morgan fingerprint density at radius 3 is 2.63 bits per heavy atom. The van der Waals surface area contributed by atoms with E-state index in [0.717, 1.165) is 0 Å². The van der Waals surface area contributed by atoms with Crippen molar-refractivity contribution in [3.8, 4) is 11.5 Å². The van der Waals surface area contributed by atoms with Crippen LogP contribution in [0.15, 0.2) is 36.6 Å². The molecule has 4 aliphatic rings. The molecule has 13 nitrogen and oxygen atoms in total. The third-order valence-corrected chi connectivity index (χ3v) is 7.47. The van der Waals surface area contributed by atoms with Crippen LogP contribution in [0.2, 0.25) is 0 Å². The van der Waals surface area contributed by atoms with E-state index in [2.05, 4.69) is 0 Å². The van der Waals surface area contributed by atoms with E-state index < -0.39 is 85.8 Å². The Bertz CT molecular complexity index is 1090. The number of hydrogen-bond acceptors (Lipinski definition) is 13. The van der Waals surface area contributed by atoms with Crippen molar-refractivity contribution < 1.29 is 63.9 Å². The predicted molar refractivity (Wildman–Crippen MR) is 124 cm³/mol. The van der Waals surface area contributed by atoms with Gasteiger partial charge in [0.25, 0.3) is 0 Å². The number of carbonyl (C=O) groups excluding carboxylic acids is 1. The summed E-state index contributed by atoms with van der Waals surface area (Å²) in [6.07, 6.45) is -4.38. The fourth-order valence-electron chi connectivity index (χ4n) is 5.42. The molecule has 0 spiro atoms. The molecule has 0 unspecified atom stereocenters. The number of aliphatic hydroxyl groups is 5. The van der Waals surface area contributed by atoms with Gasteiger partial charge in [-0.3, -0.25) is 0 Å². The molecular formula is C25H30O13. The quantitative estimate of drug-likeness (QED) is 0.126. The summed E-state index contributed by atoms with van der Waals surface area (Å²) in [5.41, 5.74) is -0.556. The number of carbonyl (C=O) groups is 1. The SMILES string of the molecule is COc1cc(/C=C/C(=O)O[C@H]2[C@@H]3C=CO[C@@H](O[C@@H]4O[C@@H](CO)[C@H](O)[C@H](O)[C@H]4O)[C@H]3[C@]3(CO)O[C@H]23)ccc1O. The molecule has 0 radical (unpaired) electrons. The smallest absolute Gasteiger partial charge is 0.331 e. The molecule has 1 saturated carbocycles. The second-order valence-corrected chi connectivity index (χ2v) is 9.59. The molecule has 3 fully saturated rings. The highest BCUT2D eigenvalue weighted by Gasteiger charge is 2.77. The number of aromatic hydroxyl groups is 1. The van der Waals surface area contributed by atoms with Crippen LogP contribution in [0.4, 0.5) is 0 Å². The maximum absolute atomic E-state index is 12.7. The van der Waals surface area contributed by atoms with Crippen molar-refractivity contribution in [1.29, 1.82) is 0 Å². The summed E-state index contributed by atoms with van der Waals surface area (Å²) in [4.78, 5) is 12.7. The highest BCUT2D eigenvalue weighted by atomic mass is 16.8. The molecule has 6 N–H and O–H groups in total. The first kappa shape index (κ1) is 26.8. The van der Waals surface area contributed by atoms with Gasteiger partial charge in [0.05, 0.1) is 32.5 Å². The molecule has 3 heterocycles. The van der Waals surface area contributed by atoms with Gasteiger partial charge in [-0.25, -0.2) is 4.79 Å². The monoisotopic (exact) mass is 538 g/mol. The summed E-state index contributed by atoms with van der Waals surface area (Å²) in [6, 6.07) is 4.57. The van der Waals surface area contributed by atoms with Crippen LogP contribution in [0.1, 0.15) is 5.56 Å². The molecule has 38 heavy (non-hydrogen) atoms. The number of esters is 1. The molecule has 2 saturated heterocycles. The van der Waals surface area contributed by atoms with Gasteiger partial charge in [0.15, 0.2) is 17.8 Å². The summed E-state index contributed by atoms with van der Waals surface area (Å²) in [7, 11) is 1.41. The normalized spacial score (nSPS) is 41.3. The first-order valence-corrected chi connectivity index (χ1v) is 12.1. The van der Waals surface area contributed by atoms with Gasteiger partial charge in [-0.05, 0) is 29.8 Å². The predicted octanol–water partition coefficient (Wildman–Crippen LogP) is -1.61. The lowest BCUT2D eigenvalue weighted by atomic mass is 9.85. The topological polar surface area (TPSA) is 197 Å². The molecule has 13 heteroatoms. The van der Waals surface area contributed by atoms with Crippen molar-refractivity contribution in [1.82, 2.24) is 0 Å². The highest BCUT2D eigenvalue weighted by molar-refractivity contribution is 5.87. The standard InChI is InChI=1S/C25H30O13/c1-33-14-8-11(2-4-13(14)28)3-5-16(29)36-21-12-6-7-34-23(17(12)25(10-27)22(21)38-25)37-24-20(32)19(31)18(30)15(9-26)35-24/h2-8,12,15,17-24,26-28,30-32H,9-10H2,1H3/b5-3+/t12-,15+,17+,18+,19+,20-,21+,22-,23+,24+,25+/m1/s1. The van der Waals surface area contributed by atoms with Crippen LogP contribution in [0.5, 0.6) is 11.5 Å². The van der Waals surface area contributed by atoms with Crippen LogP contribution < -0.4 is 4.74 Å². The number of phenolic OH excluding ortho intramolecular Hbond substituents is 1. The number of benzene rings is 1. The van der Waals surface area contributed by atoms with Crippen molar-refractivity contribution in [3.05, 3.63) is 42.2 Å². The number of rotatable bonds is 8. The Balaban J connectivity index is 1.29. The number of fused-ring (bicyclic) bond motifs is 3. The van der Waals surface area contributed by atoms with Gasteiger partial charge < -0.3 is 59.1 Å². The minimum atomic E-state index is -1.65. The number of ether oxygens (including phenoxy) is 6. The number of aliphatic hydroxyl groups excluding tert-OH is 5. The Labute approximate surface area is 217 Å². The van der Waals surface area contributed by atoms with Gasteiger partial charge in [0.2, 0.25) is 6.29 Å². The Morgan fingerprint density at radius 1 is 1.13 bits per heavy atom. The molecule has 11 atom stereocenters. The zero-order valence-electron chi connectivity index (χ0n) is 20.3. The van der Waals surface area contributed by atoms with Crippen LogP contribution in [-0.2, 0) is 28.5 Å². The first-order valence-electron chi connectivity index (χ1n) is 12.1. The van der Waals surface area contributed by atoms with Crippen molar-refractivity contribution in [3.63, 3.8) is 0 Å². The van der Waals surface area contributed by atoms with E-state index in [-0.39, 0.29) is 11.5 Å². The largest absolute Gasteiger partial charge is 0.504 e. The molecule has 1 aromatic rings. The molecule has 5 rings (SSSR count). The van der Waals surface area contributed by atoms with Gasteiger partial charge in [-0.15, -0.1) is 0 Å². The Hall–Kier alpha value is -2.75. The third-order valence-electron chi connectivity index (χ3n) is 7.47. The van der Waals surface area contributed by atoms with E-state index in [1.54, 1.807) is 18.2 Å². The van der Waals surface area contributed by atoms with Crippen LogP contribution in [0.3, 0.4) is 0 Å². The summed E-state index contributed by atoms with van der Waals surface area (Å²) in [5, 5.41) is 59.8. The fraction of sp³-hybridized carbons (Fsp3) is 0.560. The van der Waals surface area contributed by atoms with E-state index >= 15 is 0 Å². The lowest BCUT2D eigenvalue weighted by Crippen LogP contribution is -2.60. The van der Waals surface area contributed by atoms with Crippen LogP contribution in [0, 0.1) is 11.8 Å². The third kappa shape index (κ3) is 4.54. The summed E-state index contributed by atoms with van der Waals surface area (Å²) < 4.78 is 33.4. The molecule has 1 aliphatic carbocycles. The Kier molecular flexibility index (Phi) is 7.37. The van der Waals surface area contributed by atoms with Gasteiger partial charge >= 0.3 is 5.97 Å². The van der Waals surface area contributed by atoms with Crippen LogP contribution >= 0.6 is 0 Å². The molecule has 1 aromatic carbocycles. The van der Waals surface area contributed by atoms with E-state index in [9.17, 15) is 35.4 Å². The minimum absolute atomic E-state index is 0.0396. The van der Waals surface area contributed by atoms with Crippen LogP contribution in [0.25, 0.3) is 6.08 Å². The van der Waals surface area contributed by atoms with Gasteiger partial charge in [-0.2, -0.15) is 0 Å². The molecule has 3 aliphatic heterocycles. The number of phenols is 1. The molecule has 0 bridgehead atoms. The maximum atomic E-state index is 12.7. The van der Waals surface area contributed by atoms with E-state index in [4.69, 9.17) is 28.4 Å². The average Bonchev–Trinajstić information content (AvgIpc) is 3.60. The second kappa shape index (κ2) is 10.4. The van der Waals surface area contributed by atoms with Crippen LogP contribution in [-0.4, -0.2) is 112 Å². The molecule has 208 valence electrons. The van der Waals surface area contributed by atoms with E-state index in [1.165, 1.54) is 31.6 Å². The minimum Gasteiger partial charge on any atom is -0.504 e. The summed E-state index contributed by atoms with van der Waals surface area (Å²) in [5.74, 6) is -1.64. The van der Waals surface area contributed by atoms with E-state index in [1.807, 2.05) is 0 Å². The zero-order valence-corrected chi connectivity index (χ0v) is 20.3. The second-order valence-electron chi connectivity index (χ2n) is 9.59. The van der Waals surface area contributed by atoms with Gasteiger partial charge in [0, 0.05) is 12.0 Å². The lowest BCUT2D eigenvalue weighted by molar-refractivity contribution is -0.344. The number of methoxy groups -OCH3 is 1. The molecular weight excluding hydrogens is 508 g/mol. The van der Waals surface area contributed by atoms with Gasteiger partial charge in [-0.1, -0.05) is 6.07 Å². The summed E-state index contributed by atoms with van der Waals surface area (Å²) in [6.45, 7) is -1.06. The van der Waals surface area contributed by atoms with E-state index in [0.29, 0.717) is 5.56 Å². The molecule has 0 amide bonds. The summed E-state index contributed by atoms with van der Waals surface area (Å²) >= 11 is 0. The Morgan fingerprint density at radius 2 is 1.92 bits per heavy atom. The average molecular weight is 539 g/mol. The maximum Gasteiger partial charge on any atom is 0.331 e. The fourth-order valence-corrected chi connectivity index (χ4v) is 5.42. The highest BCUT2D eigenvalue weighted by Crippen LogP contribution is 2.60. The van der Waals surface area contributed by atoms with Crippen molar-refractivity contribution in [2.75, 3.05) is 20.3 Å². The lowest BCUT2D eigenvalue weighted by Gasteiger charge is -2.43. The van der Waals surface area contributed by atoms with Gasteiger partial charge in [0.1, 0.15) is 42.2 Å². The van der Waals surface area contributed by atoms with Crippen molar-refractivity contribution in [2.24, 2.45) is 11.8 Å². The zero-order chi connectivity index (χ0) is 27.2. The first-order chi connectivity index (χ1) is 18.2. The number of epoxide rings is 1. The van der Waals surface area contributed by atoms with Crippen molar-refractivity contribution in [2.45, 2.75) is 54.8 Å². The number of hydrogen-bond donors (Lipinski definition) is 6. The van der Waals surface area contributed by atoms with Crippen molar-refractivity contribution >= 4 is 12.0 Å².